The number of hydrogen-bond donors (Lipinski definition) is 2. The summed E-state index contributed by atoms with van der Waals surface area (Å²) in [6.07, 6.45) is 4.27. The van der Waals surface area contributed by atoms with E-state index in [9.17, 15) is 5.11 Å². The smallest absolute Gasteiger partial charge is 0.319 e. The lowest BCUT2D eigenvalue weighted by Gasteiger charge is -2.12. The van der Waals surface area contributed by atoms with E-state index >= 15 is 0 Å². The van der Waals surface area contributed by atoms with Crippen molar-refractivity contribution in [1.29, 1.82) is 0 Å². The van der Waals surface area contributed by atoms with Crippen molar-refractivity contribution < 1.29 is 19.3 Å². The molecule has 1 heterocycles. The molecule has 1 aromatic heterocycles. The van der Waals surface area contributed by atoms with Crippen molar-refractivity contribution in [1.82, 2.24) is 15.0 Å². The van der Waals surface area contributed by atoms with Crippen molar-refractivity contribution in [3.05, 3.63) is 59.4 Å². The Kier molecular flexibility index (Phi) is 7.05. The van der Waals surface area contributed by atoms with Crippen molar-refractivity contribution >= 4 is 18.1 Å². The monoisotopic (exact) mass is 408 g/mol. The van der Waals surface area contributed by atoms with Crippen LogP contribution in [0.15, 0.2) is 42.5 Å². The molecule has 0 radical (unpaired) electrons. The molecule has 30 heavy (non-hydrogen) atoms. The van der Waals surface area contributed by atoms with Gasteiger partial charge < -0.3 is 24.6 Å². The normalized spacial score (nSPS) is 10.8. The van der Waals surface area contributed by atoms with Crippen molar-refractivity contribution in [2.45, 2.75) is 6.42 Å². The van der Waals surface area contributed by atoms with Gasteiger partial charge in [0.05, 0.1) is 21.3 Å². The molecule has 0 saturated carbocycles. The van der Waals surface area contributed by atoms with E-state index in [2.05, 4.69) is 32.4 Å². The maximum absolute atomic E-state index is 9.85. The number of methoxy groups -OCH3 is 3. The molecule has 0 aliphatic carbocycles. The van der Waals surface area contributed by atoms with Gasteiger partial charge in [0, 0.05) is 6.54 Å². The first kappa shape index (κ1) is 20.9. The largest absolute Gasteiger partial charge is 0.493 e. The van der Waals surface area contributed by atoms with Crippen LogP contribution in [0.2, 0.25) is 0 Å². The molecule has 0 aliphatic heterocycles. The second-order valence-corrected chi connectivity index (χ2v) is 6.27. The van der Waals surface area contributed by atoms with Gasteiger partial charge >= 0.3 is 6.01 Å². The summed E-state index contributed by atoms with van der Waals surface area (Å²) in [5.41, 5.74) is 1.99. The van der Waals surface area contributed by atoms with Crippen LogP contribution in [-0.4, -0.2) is 47.9 Å². The first-order valence-corrected chi connectivity index (χ1v) is 9.34. The predicted molar refractivity (Wildman–Crippen MR) is 115 cm³/mol. The lowest BCUT2D eigenvalue weighted by atomic mass is 10.1. The fraction of sp³-hybridized carbons (Fsp3) is 0.227. The molecule has 0 saturated heterocycles. The molecular formula is C22H24N4O4. The van der Waals surface area contributed by atoms with Crippen LogP contribution in [-0.2, 0) is 6.42 Å². The molecule has 0 spiro atoms. The lowest BCUT2D eigenvalue weighted by molar-refractivity contribution is 0.324. The third-order valence-electron chi connectivity index (χ3n) is 4.29. The summed E-state index contributed by atoms with van der Waals surface area (Å²) >= 11 is 0. The highest BCUT2D eigenvalue weighted by Crippen LogP contribution is 2.38. The van der Waals surface area contributed by atoms with E-state index in [0.29, 0.717) is 35.6 Å². The molecule has 2 aromatic carbocycles. The summed E-state index contributed by atoms with van der Waals surface area (Å²) in [6, 6.07) is 13.3. The van der Waals surface area contributed by atoms with E-state index < -0.39 is 0 Å². The van der Waals surface area contributed by atoms with Crippen molar-refractivity contribution in [3.8, 4) is 23.3 Å². The molecular weight excluding hydrogens is 384 g/mol. The molecule has 2 N–H and O–H groups in total. The van der Waals surface area contributed by atoms with Crippen LogP contribution in [0.4, 0.5) is 5.95 Å². The Hall–Kier alpha value is -3.81. The van der Waals surface area contributed by atoms with Gasteiger partial charge in [0.1, 0.15) is 0 Å². The average molecular weight is 408 g/mol. The predicted octanol–water partition coefficient (Wildman–Crippen LogP) is 3.43. The van der Waals surface area contributed by atoms with E-state index in [1.165, 1.54) is 5.56 Å². The minimum atomic E-state index is -0.350. The summed E-state index contributed by atoms with van der Waals surface area (Å²) in [7, 11) is 4.67. The molecule has 8 nitrogen and oxygen atoms in total. The molecule has 0 fully saturated rings. The second kappa shape index (κ2) is 10.1. The first-order chi connectivity index (χ1) is 14.6. The third kappa shape index (κ3) is 5.38. The zero-order valence-electron chi connectivity index (χ0n) is 17.1. The topological polar surface area (TPSA) is 98.6 Å². The number of benzene rings is 2. The lowest BCUT2D eigenvalue weighted by Crippen LogP contribution is -2.09. The zero-order valence-corrected chi connectivity index (χ0v) is 17.1. The van der Waals surface area contributed by atoms with E-state index in [1.807, 2.05) is 18.2 Å². The summed E-state index contributed by atoms with van der Waals surface area (Å²) in [4.78, 5) is 12.2. The van der Waals surface area contributed by atoms with Gasteiger partial charge in [0.15, 0.2) is 17.3 Å². The van der Waals surface area contributed by atoms with E-state index in [4.69, 9.17) is 14.2 Å². The van der Waals surface area contributed by atoms with E-state index in [-0.39, 0.29) is 6.01 Å². The molecule has 3 aromatic rings. The van der Waals surface area contributed by atoms with Crippen LogP contribution < -0.4 is 19.5 Å². The van der Waals surface area contributed by atoms with Crippen LogP contribution in [0.25, 0.3) is 12.2 Å². The Balaban J connectivity index is 1.74. The molecule has 0 bridgehead atoms. The quantitative estimate of drug-likeness (QED) is 0.556. The number of nitrogens with one attached hydrogen (secondary N) is 1. The van der Waals surface area contributed by atoms with Gasteiger partial charge in [-0.05, 0) is 35.8 Å². The van der Waals surface area contributed by atoms with Gasteiger partial charge in [-0.2, -0.15) is 15.0 Å². The van der Waals surface area contributed by atoms with E-state index in [1.54, 1.807) is 45.6 Å². The van der Waals surface area contributed by atoms with Crippen LogP contribution in [0.1, 0.15) is 17.0 Å². The highest BCUT2D eigenvalue weighted by Gasteiger charge is 2.12. The average Bonchev–Trinajstić information content (AvgIpc) is 2.77. The summed E-state index contributed by atoms with van der Waals surface area (Å²) in [5.74, 6) is 2.22. The third-order valence-corrected chi connectivity index (χ3v) is 4.29. The summed E-state index contributed by atoms with van der Waals surface area (Å²) < 4.78 is 16.0. The molecule has 8 heteroatoms. The Morgan fingerprint density at radius 2 is 1.60 bits per heavy atom. The number of ether oxygens (including phenoxy) is 3. The van der Waals surface area contributed by atoms with Gasteiger partial charge in [-0.25, -0.2) is 0 Å². The van der Waals surface area contributed by atoms with Gasteiger partial charge in [0.25, 0.3) is 0 Å². The Morgan fingerprint density at radius 1 is 0.900 bits per heavy atom. The SMILES string of the molecule is COc1cc(/C=C/c2nc(O)nc(NCCc3ccccc3)n2)cc(OC)c1OC. The molecule has 3 rings (SSSR count). The highest BCUT2D eigenvalue weighted by molar-refractivity contribution is 5.71. The number of nitrogens with zero attached hydrogens (tertiary/aromatic N) is 3. The number of hydrogen-bond acceptors (Lipinski definition) is 8. The van der Waals surface area contributed by atoms with Crippen molar-refractivity contribution in [2.24, 2.45) is 0 Å². The maximum Gasteiger partial charge on any atom is 0.319 e. The minimum absolute atomic E-state index is 0.308. The number of rotatable bonds is 9. The Labute approximate surface area is 175 Å². The molecule has 156 valence electrons. The maximum atomic E-state index is 9.85. The fourth-order valence-corrected chi connectivity index (χ4v) is 2.87. The second-order valence-electron chi connectivity index (χ2n) is 6.27. The fourth-order valence-electron chi connectivity index (χ4n) is 2.87. The molecule has 0 unspecified atom stereocenters. The summed E-state index contributed by atoms with van der Waals surface area (Å²) in [5, 5.41) is 13.0. The van der Waals surface area contributed by atoms with Crippen molar-refractivity contribution in [3.63, 3.8) is 0 Å². The van der Waals surface area contributed by atoms with Crippen LogP contribution in [0, 0.1) is 0 Å². The van der Waals surface area contributed by atoms with Crippen molar-refractivity contribution in [2.75, 3.05) is 33.2 Å². The summed E-state index contributed by atoms with van der Waals surface area (Å²) in [6.45, 7) is 0.628. The van der Waals surface area contributed by atoms with Crippen LogP contribution in [0.3, 0.4) is 0 Å². The van der Waals surface area contributed by atoms with Gasteiger partial charge in [0.2, 0.25) is 11.7 Å². The number of aromatic nitrogens is 3. The highest BCUT2D eigenvalue weighted by atomic mass is 16.5. The Bertz CT molecular complexity index is 984. The standard InChI is InChI=1S/C22H24N4O4/c1-28-17-13-16(14-18(29-2)20(17)30-3)9-10-19-24-21(26-22(27)25-19)23-12-11-15-7-5-4-6-8-15/h4-10,13-14H,11-12H2,1-3H3,(H2,23,24,25,26,27)/b10-9+. The molecule has 0 aliphatic rings. The molecule has 0 atom stereocenters. The van der Waals surface area contributed by atoms with Gasteiger partial charge in [-0.1, -0.05) is 36.4 Å². The van der Waals surface area contributed by atoms with Crippen LogP contribution in [0.5, 0.6) is 23.3 Å². The first-order valence-electron chi connectivity index (χ1n) is 9.34. The zero-order chi connectivity index (χ0) is 21.3. The minimum Gasteiger partial charge on any atom is -0.493 e. The van der Waals surface area contributed by atoms with Crippen LogP contribution >= 0.6 is 0 Å². The number of anilines is 1. The number of aromatic hydroxyl groups is 1. The van der Waals surface area contributed by atoms with Gasteiger partial charge in [-0.15, -0.1) is 0 Å². The van der Waals surface area contributed by atoms with E-state index in [0.717, 1.165) is 12.0 Å². The molecule has 0 amide bonds. The Morgan fingerprint density at radius 3 is 2.23 bits per heavy atom. The van der Waals surface area contributed by atoms with Gasteiger partial charge in [-0.3, -0.25) is 0 Å².